The molecule has 2 aromatic carbocycles. The maximum atomic E-state index is 13.1. The Morgan fingerprint density at radius 1 is 1.14 bits per heavy atom. The maximum absolute atomic E-state index is 13.1. The molecule has 2 heterocycles. The third kappa shape index (κ3) is 3.29. The van der Waals surface area contributed by atoms with Gasteiger partial charge in [-0.05, 0) is 30.3 Å². The van der Waals surface area contributed by atoms with E-state index in [1.807, 2.05) is 23.1 Å². The molecule has 0 radical (unpaired) electrons. The van der Waals surface area contributed by atoms with Crippen molar-refractivity contribution < 1.29 is 19.0 Å². The molecule has 3 aromatic rings. The van der Waals surface area contributed by atoms with Crippen molar-refractivity contribution in [2.24, 2.45) is 0 Å². The van der Waals surface area contributed by atoms with Crippen molar-refractivity contribution >= 4 is 22.6 Å². The number of carbonyl (C=O) groups is 1. The highest BCUT2D eigenvalue weighted by molar-refractivity contribution is 5.92. The maximum Gasteiger partial charge on any atom is 0.325 e. The first-order valence-corrected chi connectivity index (χ1v) is 9.20. The van der Waals surface area contributed by atoms with Crippen molar-refractivity contribution in [2.45, 2.75) is 6.04 Å². The third-order valence-electron chi connectivity index (χ3n) is 5.33. The molecule has 7 heteroatoms. The minimum Gasteiger partial charge on any atom is -0.495 e. The van der Waals surface area contributed by atoms with Crippen LogP contribution >= 0.6 is 0 Å². The van der Waals surface area contributed by atoms with Crippen LogP contribution in [-0.4, -0.2) is 54.2 Å². The van der Waals surface area contributed by atoms with Gasteiger partial charge < -0.3 is 19.7 Å². The zero-order valence-electron chi connectivity index (χ0n) is 15.6. The summed E-state index contributed by atoms with van der Waals surface area (Å²) >= 11 is 0. The van der Waals surface area contributed by atoms with Crippen LogP contribution in [0.5, 0.6) is 5.75 Å². The van der Waals surface area contributed by atoms with Crippen molar-refractivity contribution in [3.63, 3.8) is 0 Å². The van der Waals surface area contributed by atoms with E-state index < -0.39 is 12.0 Å². The second-order valence-electron chi connectivity index (χ2n) is 6.87. The number of aromatic nitrogens is 1. The van der Waals surface area contributed by atoms with E-state index in [2.05, 4.69) is 9.88 Å². The molecule has 0 saturated carbocycles. The lowest BCUT2D eigenvalue weighted by molar-refractivity contribution is -0.143. The van der Waals surface area contributed by atoms with Crippen LogP contribution in [0.3, 0.4) is 0 Å². The van der Waals surface area contributed by atoms with Gasteiger partial charge >= 0.3 is 5.97 Å². The molecule has 28 heavy (non-hydrogen) atoms. The van der Waals surface area contributed by atoms with Crippen LogP contribution in [0.2, 0.25) is 0 Å². The number of benzene rings is 2. The molecule has 0 amide bonds. The van der Waals surface area contributed by atoms with E-state index >= 15 is 0 Å². The summed E-state index contributed by atoms with van der Waals surface area (Å²) in [7, 11) is 1.60. The Hall–Kier alpha value is -3.06. The summed E-state index contributed by atoms with van der Waals surface area (Å²) in [5.41, 5.74) is 2.48. The lowest BCUT2D eigenvalue weighted by Crippen LogP contribution is -2.49. The summed E-state index contributed by atoms with van der Waals surface area (Å²) < 4.78 is 18.5. The summed E-state index contributed by atoms with van der Waals surface area (Å²) in [6.45, 7) is 2.57. The average molecular weight is 383 g/mol. The fourth-order valence-electron chi connectivity index (χ4n) is 3.92. The molecule has 4 rings (SSSR count). The quantitative estimate of drug-likeness (QED) is 0.708. The van der Waals surface area contributed by atoms with Gasteiger partial charge in [-0.2, -0.15) is 0 Å². The van der Waals surface area contributed by atoms with Crippen molar-refractivity contribution in [3.8, 4) is 5.75 Å². The van der Waals surface area contributed by atoms with E-state index in [9.17, 15) is 14.3 Å². The Morgan fingerprint density at radius 2 is 1.86 bits per heavy atom. The van der Waals surface area contributed by atoms with Crippen LogP contribution in [0, 0.1) is 5.82 Å². The van der Waals surface area contributed by atoms with E-state index in [4.69, 9.17) is 4.74 Å². The molecule has 2 N–H and O–H groups in total. The number of rotatable bonds is 5. The number of hydrogen-bond acceptors (Lipinski definition) is 4. The highest BCUT2D eigenvalue weighted by atomic mass is 19.1. The molecular formula is C21H22FN3O3. The predicted octanol–water partition coefficient (Wildman–Crippen LogP) is 3.26. The molecule has 0 bridgehead atoms. The van der Waals surface area contributed by atoms with E-state index in [0.717, 1.165) is 22.2 Å². The summed E-state index contributed by atoms with van der Waals surface area (Å²) in [4.78, 5) is 19.4. The van der Waals surface area contributed by atoms with Gasteiger partial charge in [-0.1, -0.05) is 12.1 Å². The first kappa shape index (κ1) is 18.3. The van der Waals surface area contributed by atoms with Crippen LogP contribution in [0.25, 0.3) is 10.9 Å². The predicted molar refractivity (Wildman–Crippen MR) is 105 cm³/mol. The first-order chi connectivity index (χ1) is 13.6. The number of nitrogens with zero attached hydrogens (tertiary/aromatic N) is 2. The molecule has 0 spiro atoms. The van der Waals surface area contributed by atoms with Crippen molar-refractivity contribution in [2.75, 3.05) is 38.2 Å². The number of carboxylic acids is 1. The topological polar surface area (TPSA) is 68.8 Å². The number of ether oxygens (including phenoxy) is 1. The number of piperazine rings is 1. The lowest BCUT2D eigenvalue weighted by Gasteiger charge is -2.38. The largest absolute Gasteiger partial charge is 0.495 e. The van der Waals surface area contributed by atoms with E-state index in [1.54, 1.807) is 25.4 Å². The molecule has 1 aliphatic heterocycles. The zero-order chi connectivity index (χ0) is 19.7. The first-order valence-electron chi connectivity index (χ1n) is 9.20. The summed E-state index contributed by atoms with van der Waals surface area (Å²) in [6, 6.07) is 11.3. The fraction of sp³-hybridized carbons (Fsp3) is 0.286. The molecule has 146 valence electrons. The lowest BCUT2D eigenvalue weighted by atomic mass is 10.0. The molecule has 1 aliphatic rings. The summed E-state index contributed by atoms with van der Waals surface area (Å²) in [5, 5.41) is 10.8. The number of carboxylic acid groups (broad SMARTS) is 1. The van der Waals surface area contributed by atoms with Gasteiger partial charge in [0.1, 0.15) is 17.6 Å². The second-order valence-corrected chi connectivity index (χ2v) is 6.87. The Balaban J connectivity index is 1.57. The normalized spacial score (nSPS) is 16.3. The van der Waals surface area contributed by atoms with Gasteiger partial charge in [0.2, 0.25) is 0 Å². The number of fused-ring (bicyclic) bond motifs is 1. The van der Waals surface area contributed by atoms with Crippen LogP contribution in [-0.2, 0) is 4.79 Å². The van der Waals surface area contributed by atoms with Gasteiger partial charge in [0, 0.05) is 49.0 Å². The molecule has 1 fully saturated rings. The van der Waals surface area contributed by atoms with Gasteiger partial charge in [0.15, 0.2) is 0 Å². The van der Waals surface area contributed by atoms with Crippen molar-refractivity contribution in [3.05, 3.63) is 60.0 Å². The van der Waals surface area contributed by atoms with Crippen LogP contribution < -0.4 is 9.64 Å². The number of nitrogens with one attached hydrogen (secondary N) is 1. The number of methoxy groups -OCH3 is 1. The smallest absolute Gasteiger partial charge is 0.325 e. The Morgan fingerprint density at radius 3 is 2.50 bits per heavy atom. The number of halogens is 1. The molecule has 1 saturated heterocycles. The second kappa shape index (κ2) is 7.52. The molecule has 6 nitrogen and oxygen atoms in total. The van der Waals surface area contributed by atoms with E-state index in [-0.39, 0.29) is 5.82 Å². The number of aromatic amines is 1. The van der Waals surface area contributed by atoms with Crippen molar-refractivity contribution in [1.82, 2.24) is 9.88 Å². The minimum atomic E-state index is -0.876. The third-order valence-corrected chi connectivity index (χ3v) is 5.33. The molecule has 1 aromatic heterocycles. The van der Waals surface area contributed by atoms with Gasteiger partial charge in [-0.15, -0.1) is 0 Å². The van der Waals surface area contributed by atoms with E-state index in [1.165, 1.54) is 12.1 Å². The number of para-hydroxylation sites is 1. The Bertz CT molecular complexity index is 978. The number of aliphatic carboxylic acids is 1. The molecule has 1 atom stereocenters. The SMILES string of the molecule is COc1cccc2c([C@H](C(=O)O)N3CCN(c4ccc(F)cc4)CC3)c[nH]c12. The minimum absolute atomic E-state index is 0.261. The molecule has 0 unspecified atom stereocenters. The number of H-pyrrole nitrogens is 1. The average Bonchev–Trinajstić information content (AvgIpc) is 3.13. The van der Waals surface area contributed by atoms with Gasteiger partial charge in [0.05, 0.1) is 12.6 Å². The monoisotopic (exact) mass is 383 g/mol. The van der Waals surface area contributed by atoms with Crippen LogP contribution in [0.1, 0.15) is 11.6 Å². The summed E-state index contributed by atoms with van der Waals surface area (Å²) in [5.74, 6) is -0.448. The Kier molecular flexibility index (Phi) is 4.92. The molecular weight excluding hydrogens is 361 g/mol. The fourth-order valence-corrected chi connectivity index (χ4v) is 3.92. The molecule has 0 aliphatic carbocycles. The highest BCUT2D eigenvalue weighted by Crippen LogP contribution is 2.33. The van der Waals surface area contributed by atoms with Gasteiger partial charge in [-0.25, -0.2) is 4.39 Å². The van der Waals surface area contributed by atoms with Gasteiger partial charge in [-0.3, -0.25) is 9.69 Å². The van der Waals surface area contributed by atoms with Gasteiger partial charge in [0.25, 0.3) is 0 Å². The zero-order valence-corrected chi connectivity index (χ0v) is 15.6. The Labute approximate surface area is 162 Å². The van der Waals surface area contributed by atoms with E-state index in [0.29, 0.717) is 31.9 Å². The number of anilines is 1. The van der Waals surface area contributed by atoms with Crippen molar-refractivity contribution in [1.29, 1.82) is 0 Å². The highest BCUT2D eigenvalue weighted by Gasteiger charge is 2.32. The van der Waals surface area contributed by atoms with Crippen LogP contribution in [0.4, 0.5) is 10.1 Å². The summed E-state index contributed by atoms with van der Waals surface area (Å²) in [6.07, 6.45) is 1.76. The number of hydrogen-bond donors (Lipinski definition) is 2. The standard InChI is InChI=1S/C21H22FN3O3/c1-28-18-4-2-3-16-17(13-23-19(16)18)20(21(26)27)25-11-9-24(10-12-25)15-7-5-14(22)6-8-15/h2-8,13,20,23H,9-12H2,1H3,(H,26,27)/t20-/m1/s1. The van der Waals surface area contributed by atoms with Crippen LogP contribution in [0.15, 0.2) is 48.7 Å².